The van der Waals surface area contributed by atoms with Crippen molar-refractivity contribution in [2.45, 2.75) is 26.3 Å². The smallest absolute Gasteiger partial charge is 0.273 e. The summed E-state index contributed by atoms with van der Waals surface area (Å²) in [5.74, 6) is -0.359. The zero-order valence-corrected chi connectivity index (χ0v) is 12.6. The minimum atomic E-state index is -0.280. The third-order valence-electron chi connectivity index (χ3n) is 3.39. The molecule has 1 aromatic heterocycles. The molecular formula is C15H17FN2OS. The summed E-state index contributed by atoms with van der Waals surface area (Å²) in [5.41, 5.74) is 1.26. The lowest BCUT2D eigenvalue weighted by Crippen LogP contribution is -2.34. The van der Waals surface area contributed by atoms with E-state index >= 15 is 0 Å². The molecule has 20 heavy (non-hydrogen) atoms. The van der Waals surface area contributed by atoms with Gasteiger partial charge in [-0.05, 0) is 37.6 Å². The zero-order valence-electron chi connectivity index (χ0n) is 11.8. The van der Waals surface area contributed by atoms with Gasteiger partial charge in [0, 0.05) is 24.0 Å². The van der Waals surface area contributed by atoms with Gasteiger partial charge in [0.05, 0.1) is 0 Å². The third kappa shape index (κ3) is 3.04. The van der Waals surface area contributed by atoms with Crippen LogP contribution in [0.1, 0.15) is 30.8 Å². The number of nitrogens with zero attached hydrogens (tertiary/aromatic N) is 2. The topological polar surface area (TPSA) is 33.2 Å². The number of hydrogen-bond acceptors (Lipinski definition) is 3. The molecule has 0 spiro atoms. The monoisotopic (exact) mass is 292 g/mol. The number of benzene rings is 1. The number of amides is 1. The molecule has 1 heterocycles. The lowest BCUT2D eigenvalue weighted by atomic mass is 10.2. The Morgan fingerprint density at radius 1 is 1.40 bits per heavy atom. The fraction of sp³-hybridized carbons (Fsp3) is 0.333. The number of hydrogen-bond donors (Lipinski definition) is 0. The average molecular weight is 292 g/mol. The quantitative estimate of drug-likeness (QED) is 0.858. The fourth-order valence-electron chi connectivity index (χ4n) is 1.75. The van der Waals surface area contributed by atoms with Gasteiger partial charge in [0.2, 0.25) is 0 Å². The Kier molecular flexibility index (Phi) is 4.49. The van der Waals surface area contributed by atoms with Gasteiger partial charge in [-0.15, -0.1) is 11.3 Å². The van der Waals surface area contributed by atoms with Crippen molar-refractivity contribution in [1.29, 1.82) is 0 Å². The summed E-state index contributed by atoms with van der Waals surface area (Å²) in [7, 11) is 1.79. The highest BCUT2D eigenvalue weighted by Crippen LogP contribution is 2.24. The second-order valence-corrected chi connectivity index (χ2v) is 5.58. The van der Waals surface area contributed by atoms with Crippen molar-refractivity contribution in [2.75, 3.05) is 7.05 Å². The van der Waals surface area contributed by atoms with Crippen LogP contribution in [0.25, 0.3) is 10.6 Å². The Balaban J connectivity index is 2.20. The molecule has 1 atom stereocenters. The van der Waals surface area contributed by atoms with E-state index in [1.807, 2.05) is 13.8 Å². The van der Waals surface area contributed by atoms with Gasteiger partial charge in [-0.3, -0.25) is 4.79 Å². The van der Waals surface area contributed by atoms with E-state index < -0.39 is 0 Å². The number of carbonyl (C=O) groups is 1. The highest BCUT2D eigenvalue weighted by atomic mass is 32.1. The fourth-order valence-corrected chi connectivity index (χ4v) is 2.55. The van der Waals surface area contributed by atoms with Gasteiger partial charge in [0.1, 0.15) is 16.5 Å². The molecule has 2 aromatic rings. The summed E-state index contributed by atoms with van der Waals surface area (Å²) in [5, 5.41) is 2.48. The van der Waals surface area contributed by atoms with Crippen LogP contribution in [-0.2, 0) is 0 Å². The number of aromatic nitrogens is 1. The average Bonchev–Trinajstić information content (AvgIpc) is 2.95. The van der Waals surface area contributed by atoms with E-state index in [9.17, 15) is 9.18 Å². The van der Waals surface area contributed by atoms with Gasteiger partial charge in [-0.25, -0.2) is 9.37 Å². The minimum absolute atomic E-state index is 0.0797. The van der Waals surface area contributed by atoms with E-state index in [2.05, 4.69) is 4.98 Å². The van der Waals surface area contributed by atoms with E-state index in [0.717, 1.165) is 17.0 Å². The van der Waals surface area contributed by atoms with Gasteiger partial charge >= 0.3 is 0 Å². The SMILES string of the molecule is CCC(C)N(C)C(=O)c1csc(-c2ccc(F)cc2)n1. The van der Waals surface area contributed by atoms with Crippen molar-refractivity contribution in [3.63, 3.8) is 0 Å². The zero-order chi connectivity index (χ0) is 14.7. The van der Waals surface area contributed by atoms with Crippen LogP contribution in [-0.4, -0.2) is 28.9 Å². The number of rotatable bonds is 4. The highest BCUT2D eigenvalue weighted by molar-refractivity contribution is 7.13. The molecule has 0 bridgehead atoms. The maximum atomic E-state index is 12.9. The maximum Gasteiger partial charge on any atom is 0.273 e. The molecule has 1 aromatic carbocycles. The van der Waals surface area contributed by atoms with Crippen molar-refractivity contribution in [1.82, 2.24) is 9.88 Å². The van der Waals surface area contributed by atoms with Crippen LogP contribution in [0.5, 0.6) is 0 Å². The van der Waals surface area contributed by atoms with E-state index in [-0.39, 0.29) is 17.8 Å². The van der Waals surface area contributed by atoms with Crippen molar-refractivity contribution in [3.8, 4) is 10.6 Å². The molecule has 1 amide bonds. The van der Waals surface area contributed by atoms with E-state index in [1.54, 1.807) is 29.5 Å². The molecule has 0 saturated heterocycles. The number of thiazole rings is 1. The summed E-state index contributed by atoms with van der Waals surface area (Å²) in [6.07, 6.45) is 0.900. The summed E-state index contributed by atoms with van der Waals surface area (Å²) in [4.78, 5) is 18.3. The van der Waals surface area contributed by atoms with Gasteiger partial charge < -0.3 is 4.90 Å². The highest BCUT2D eigenvalue weighted by Gasteiger charge is 2.19. The molecule has 106 valence electrons. The van der Waals surface area contributed by atoms with Crippen LogP contribution < -0.4 is 0 Å². The molecular weight excluding hydrogens is 275 g/mol. The Bertz CT molecular complexity index is 594. The first-order chi connectivity index (χ1) is 9.52. The number of carbonyl (C=O) groups excluding carboxylic acids is 1. The molecule has 0 radical (unpaired) electrons. The molecule has 0 aliphatic heterocycles. The van der Waals surface area contributed by atoms with Crippen molar-refractivity contribution in [2.24, 2.45) is 0 Å². The molecule has 0 N–H and O–H groups in total. The van der Waals surface area contributed by atoms with Crippen molar-refractivity contribution < 1.29 is 9.18 Å². The minimum Gasteiger partial charge on any atom is -0.338 e. The maximum absolute atomic E-state index is 12.9. The standard InChI is InChI=1S/C15H17FN2OS/c1-4-10(2)18(3)15(19)13-9-20-14(17-13)11-5-7-12(16)8-6-11/h5-10H,4H2,1-3H3. The van der Waals surface area contributed by atoms with Crippen LogP contribution in [0.3, 0.4) is 0 Å². The lowest BCUT2D eigenvalue weighted by Gasteiger charge is -2.22. The Labute approximate surface area is 122 Å². The normalized spacial score (nSPS) is 12.2. The van der Waals surface area contributed by atoms with E-state index in [4.69, 9.17) is 0 Å². The predicted molar refractivity (Wildman–Crippen MR) is 79.4 cm³/mol. The van der Waals surface area contributed by atoms with Crippen LogP contribution in [0.15, 0.2) is 29.6 Å². The summed E-state index contributed by atoms with van der Waals surface area (Å²) in [6.45, 7) is 4.05. The van der Waals surface area contributed by atoms with Gasteiger partial charge in [-0.1, -0.05) is 6.92 Å². The van der Waals surface area contributed by atoms with Gasteiger partial charge in [-0.2, -0.15) is 0 Å². The third-order valence-corrected chi connectivity index (χ3v) is 4.28. The summed E-state index contributed by atoms with van der Waals surface area (Å²) < 4.78 is 12.9. The lowest BCUT2D eigenvalue weighted by molar-refractivity contribution is 0.0735. The molecule has 3 nitrogen and oxygen atoms in total. The van der Waals surface area contributed by atoms with Crippen LogP contribution in [0.4, 0.5) is 4.39 Å². The van der Waals surface area contributed by atoms with Crippen molar-refractivity contribution in [3.05, 3.63) is 41.2 Å². The van der Waals surface area contributed by atoms with Gasteiger partial charge in [0.25, 0.3) is 5.91 Å². The Morgan fingerprint density at radius 3 is 2.65 bits per heavy atom. The predicted octanol–water partition coefficient (Wildman–Crippen LogP) is 3.82. The molecule has 1 unspecified atom stereocenters. The van der Waals surface area contributed by atoms with E-state index in [0.29, 0.717) is 5.69 Å². The Morgan fingerprint density at radius 2 is 2.05 bits per heavy atom. The molecule has 0 aliphatic carbocycles. The first-order valence-electron chi connectivity index (χ1n) is 6.51. The Hall–Kier alpha value is -1.75. The van der Waals surface area contributed by atoms with Crippen LogP contribution in [0, 0.1) is 5.82 Å². The summed E-state index contributed by atoms with van der Waals surface area (Å²) in [6, 6.07) is 6.30. The van der Waals surface area contributed by atoms with E-state index in [1.165, 1.54) is 23.5 Å². The second-order valence-electron chi connectivity index (χ2n) is 4.72. The molecule has 0 saturated carbocycles. The van der Waals surface area contributed by atoms with Crippen LogP contribution >= 0.6 is 11.3 Å². The largest absolute Gasteiger partial charge is 0.338 e. The molecule has 0 fully saturated rings. The molecule has 2 rings (SSSR count). The first-order valence-corrected chi connectivity index (χ1v) is 7.39. The van der Waals surface area contributed by atoms with Crippen molar-refractivity contribution >= 4 is 17.2 Å². The first kappa shape index (κ1) is 14.7. The molecule has 0 aliphatic rings. The number of halogens is 1. The second kappa shape index (κ2) is 6.13. The molecule has 5 heteroatoms. The van der Waals surface area contributed by atoms with Crippen LogP contribution in [0.2, 0.25) is 0 Å². The van der Waals surface area contributed by atoms with Gasteiger partial charge in [0.15, 0.2) is 0 Å². The summed E-state index contributed by atoms with van der Waals surface area (Å²) >= 11 is 1.39.